The summed E-state index contributed by atoms with van der Waals surface area (Å²) in [5.74, 6) is -0.127. The van der Waals surface area contributed by atoms with Crippen molar-refractivity contribution in [2.24, 2.45) is 0 Å². The van der Waals surface area contributed by atoms with E-state index < -0.39 is 0 Å². The first kappa shape index (κ1) is 16.7. The van der Waals surface area contributed by atoms with Crippen molar-refractivity contribution in [2.45, 2.75) is 33.2 Å². The molecule has 0 aromatic heterocycles. The predicted octanol–water partition coefficient (Wildman–Crippen LogP) is 1.93. The van der Waals surface area contributed by atoms with Gasteiger partial charge in [0.2, 0.25) is 5.91 Å². The van der Waals surface area contributed by atoms with Crippen molar-refractivity contribution in [3.05, 3.63) is 29.8 Å². The van der Waals surface area contributed by atoms with Crippen LogP contribution in [0.1, 0.15) is 37.6 Å². The Morgan fingerprint density at radius 2 is 1.71 bits per heavy atom. The van der Waals surface area contributed by atoms with Crippen LogP contribution in [0.15, 0.2) is 24.3 Å². The van der Waals surface area contributed by atoms with E-state index in [4.69, 9.17) is 0 Å². The summed E-state index contributed by atoms with van der Waals surface area (Å²) >= 11 is 0. The smallest absolute Gasteiger partial charge is 0.319 e. The Hall–Kier alpha value is -2.37. The highest BCUT2D eigenvalue weighted by atomic mass is 16.2. The lowest BCUT2D eigenvalue weighted by molar-refractivity contribution is -0.121. The number of hydrogen-bond donors (Lipinski definition) is 3. The fraction of sp³-hybridized carbons (Fsp3) is 0.400. The highest BCUT2D eigenvalue weighted by molar-refractivity contribution is 5.95. The standard InChI is InChI=1S/C15H21N3O3/c1-10(2)17-14(20)8-9-16-15(21)18-13-6-4-12(5-7-13)11(3)19/h4-7,10H,8-9H2,1-3H3,(H,17,20)(H2,16,18,21). The molecule has 1 aromatic rings. The molecule has 21 heavy (non-hydrogen) atoms. The molecule has 0 bridgehead atoms. The number of ketones is 1. The molecule has 0 aliphatic rings. The number of hydrogen-bond acceptors (Lipinski definition) is 3. The third-order valence-electron chi connectivity index (χ3n) is 2.64. The van der Waals surface area contributed by atoms with Gasteiger partial charge in [-0.2, -0.15) is 0 Å². The molecule has 6 heteroatoms. The average molecular weight is 291 g/mol. The van der Waals surface area contributed by atoms with Crippen LogP contribution in [0.5, 0.6) is 0 Å². The van der Waals surface area contributed by atoms with Crippen LogP contribution in [0.2, 0.25) is 0 Å². The van der Waals surface area contributed by atoms with Crippen LogP contribution < -0.4 is 16.0 Å². The summed E-state index contributed by atoms with van der Waals surface area (Å²) in [6.45, 7) is 5.50. The Bertz CT molecular complexity index is 509. The van der Waals surface area contributed by atoms with Crippen LogP contribution >= 0.6 is 0 Å². The van der Waals surface area contributed by atoms with Crippen LogP contribution in [-0.2, 0) is 4.79 Å². The van der Waals surface area contributed by atoms with Crippen LogP contribution in [0, 0.1) is 0 Å². The van der Waals surface area contributed by atoms with E-state index in [-0.39, 0.29) is 36.7 Å². The van der Waals surface area contributed by atoms with Gasteiger partial charge in [-0.3, -0.25) is 9.59 Å². The molecule has 0 atom stereocenters. The summed E-state index contributed by atoms with van der Waals surface area (Å²) in [6, 6.07) is 6.31. The minimum atomic E-state index is -0.386. The highest BCUT2D eigenvalue weighted by Gasteiger charge is 2.06. The maximum Gasteiger partial charge on any atom is 0.319 e. The van der Waals surface area contributed by atoms with Gasteiger partial charge < -0.3 is 16.0 Å². The molecule has 0 fully saturated rings. The Labute approximate surface area is 124 Å². The molecule has 0 saturated heterocycles. The third kappa shape index (κ3) is 6.56. The molecule has 0 aliphatic heterocycles. The number of carbonyl (C=O) groups excluding carboxylic acids is 3. The first-order valence-electron chi connectivity index (χ1n) is 6.83. The fourth-order valence-electron chi connectivity index (χ4n) is 1.65. The fourth-order valence-corrected chi connectivity index (χ4v) is 1.65. The number of Topliss-reactive ketones (excluding diaryl/α,β-unsaturated/α-hetero) is 1. The zero-order valence-corrected chi connectivity index (χ0v) is 12.5. The van der Waals surface area contributed by atoms with Crippen molar-refractivity contribution < 1.29 is 14.4 Å². The van der Waals surface area contributed by atoms with Crippen LogP contribution in [0.3, 0.4) is 0 Å². The molecule has 1 rings (SSSR count). The second-order valence-electron chi connectivity index (χ2n) is 4.99. The van der Waals surface area contributed by atoms with E-state index in [1.54, 1.807) is 24.3 Å². The molecule has 114 valence electrons. The summed E-state index contributed by atoms with van der Waals surface area (Å²) in [6.07, 6.45) is 0.231. The summed E-state index contributed by atoms with van der Waals surface area (Å²) in [5, 5.41) is 7.96. The summed E-state index contributed by atoms with van der Waals surface area (Å²) in [4.78, 5) is 34.1. The predicted molar refractivity (Wildman–Crippen MR) is 81.4 cm³/mol. The Morgan fingerprint density at radius 3 is 2.24 bits per heavy atom. The number of amides is 3. The molecule has 3 N–H and O–H groups in total. The maximum absolute atomic E-state index is 11.6. The second-order valence-corrected chi connectivity index (χ2v) is 4.99. The largest absolute Gasteiger partial charge is 0.354 e. The minimum Gasteiger partial charge on any atom is -0.354 e. The lowest BCUT2D eigenvalue weighted by atomic mass is 10.1. The van der Waals surface area contributed by atoms with E-state index in [1.807, 2.05) is 13.8 Å². The minimum absolute atomic E-state index is 0.0258. The lowest BCUT2D eigenvalue weighted by Crippen LogP contribution is -2.35. The van der Waals surface area contributed by atoms with E-state index in [9.17, 15) is 14.4 Å². The van der Waals surface area contributed by atoms with Crippen molar-refractivity contribution in [2.75, 3.05) is 11.9 Å². The average Bonchev–Trinajstić information content (AvgIpc) is 2.38. The first-order chi connectivity index (χ1) is 9.88. The molecule has 0 saturated carbocycles. The van der Waals surface area contributed by atoms with Gasteiger partial charge in [-0.15, -0.1) is 0 Å². The molecular formula is C15H21N3O3. The molecular weight excluding hydrogens is 270 g/mol. The van der Waals surface area contributed by atoms with Crippen molar-refractivity contribution in [1.82, 2.24) is 10.6 Å². The summed E-state index contributed by atoms with van der Waals surface area (Å²) in [7, 11) is 0. The third-order valence-corrected chi connectivity index (χ3v) is 2.64. The van der Waals surface area contributed by atoms with Gasteiger partial charge in [0.25, 0.3) is 0 Å². The number of anilines is 1. The summed E-state index contributed by atoms with van der Waals surface area (Å²) in [5.41, 5.74) is 1.18. The quantitative estimate of drug-likeness (QED) is 0.700. The molecule has 0 radical (unpaired) electrons. The van der Waals surface area contributed by atoms with Gasteiger partial charge in [0.1, 0.15) is 0 Å². The number of urea groups is 1. The Morgan fingerprint density at radius 1 is 1.10 bits per heavy atom. The van der Waals surface area contributed by atoms with E-state index in [2.05, 4.69) is 16.0 Å². The van der Waals surface area contributed by atoms with Crippen LogP contribution in [0.25, 0.3) is 0 Å². The molecule has 0 unspecified atom stereocenters. The molecule has 1 aromatic carbocycles. The van der Waals surface area contributed by atoms with E-state index in [1.165, 1.54) is 6.92 Å². The highest BCUT2D eigenvalue weighted by Crippen LogP contribution is 2.09. The first-order valence-corrected chi connectivity index (χ1v) is 6.83. The molecule has 0 aliphatic carbocycles. The summed E-state index contributed by atoms with van der Waals surface area (Å²) < 4.78 is 0. The van der Waals surface area contributed by atoms with Crippen molar-refractivity contribution in [3.63, 3.8) is 0 Å². The molecule has 3 amide bonds. The van der Waals surface area contributed by atoms with Gasteiger partial charge in [0.15, 0.2) is 5.78 Å². The molecule has 0 heterocycles. The van der Waals surface area contributed by atoms with Crippen molar-refractivity contribution in [3.8, 4) is 0 Å². The van der Waals surface area contributed by atoms with Gasteiger partial charge in [0, 0.05) is 30.3 Å². The van der Waals surface area contributed by atoms with E-state index in [0.717, 1.165) is 0 Å². The Balaban J connectivity index is 2.33. The monoisotopic (exact) mass is 291 g/mol. The van der Waals surface area contributed by atoms with Gasteiger partial charge >= 0.3 is 6.03 Å². The number of benzene rings is 1. The molecule has 0 spiro atoms. The lowest BCUT2D eigenvalue weighted by Gasteiger charge is -2.10. The van der Waals surface area contributed by atoms with Gasteiger partial charge in [-0.25, -0.2) is 4.79 Å². The second kappa shape index (κ2) is 8.04. The number of carbonyl (C=O) groups is 3. The van der Waals surface area contributed by atoms with Gasteiger partial charge in [-0.1, -0.05) is 0 Å². The molecule has 6 nitrogen and oxygen atoms in total. The van der Waals surface area contributed by atoms with Crippen LogP contribution in [-0.4, -0.2) is 30.3 Å². The normalized spacial score (nSPS) is 10.1. The van der Waals surface area contributed by atoms with Crippen molar-refractivity contribution in [1.29, 1.82) is 0 Å². The number of rotatable bonds is 6. The van der Waals surface area contributed by atoms with Crippen LogP contribution in [0.4, 0.5) is 10.5 Å². The SMILES string of the molecule is CC(=O)c1ccc(NC(=O)NCCC(=O)NC(C)C)cc1. The zero-order valence-electron chi connectivity index (χ0n) is 12.5. The van der Waals surface area contributed by atoms with Crippen molar-refractivity contribution >= 4 is 23.4 Å². The Kier molecular flexibility index (Phi) is 6.39. The topological polar surface area (TPSA) is 87.3 Å². The van der Waals surface area contributed by atoms with Gasteiger partial charge in [-0.05, 0) is 45.0 Å². The maximum atomic E-state index is 11.6. The van der Waals surface area contributed by atoms with Gasteiger partial charge in [0.05, 0.1) is 0 Å². The number of nitrogens with one attached hydrogen (secondary N) is 3. The zero-order chi connectivity index (χ0) is 15.8. The van der Waals surface area contributed by atoms with E-state index >= 15 is 0 Å². The van der Waals surface area contributed by atoms with E-state index in [0.29, 0.717) is 11.3 Å².